The summed E-state index contributed by atoms with van der Waals surface area (Å²) >= 11 is 5.89. The van der Waals surface area contributed by atoms with Crippen LogP contribution in [0, 0.1) is 0 Å². The van der Waals surface area contributed by atoms with Crippen LogP contribution in [0.2, 0.25) is 5.15 Å². The number of hydrogen-bond donors (Lipinski definition) is 2. The molecule has 102 valence electrons. The lowest BCUT2D eigenvalue weighted by atomic mass is 10.4. The van der Waals surface area contributed by atoms with Gasteiger partial charge in [-0.25, -0.2) is 4.98 Å². The standard InChI is InChI=1S/C12H16ClN5O/c13-9-5-10(17-12(14)16-9)18(8-3-4-8)6-11(19)15-7-1-2-7/h5,7-8H,1-4,6H2,(H,15,19)(H2,14,16,17). The molecule has 0 atom stereocenters. The summed E-state index contributed by atoms with van der Waals surface area (Å²) in [5, 5.41) is 3.28. The highest BCUT2D eigenvalue weighted by atomic mass is 35.5. The van der Waals surface area contributed by atoms with E-state index in [4.69, 9.17) is 17.3 Å². The van der Waals surface area contributed by atoms with Gasteiger partial charge in [-0.15, -0.1) is 0 Å². The first-order valence-electron chi connectivity index (χ1n) is 6.48. The lowest BCUT2D eigenvalue weighted by molar-refractivity contribution is -0.119. The van der Waals surface area contributed by atoms with E-state index in [2.05, 4.69) is 15.3 Å². The van der Waals surface area contributed by atoms with Gasteiger partial charge < -0.3 is 16.0 Å². The van der Waals surface area contributed by atoms with Gasteiger partial charge in [-0.3, -0.25) is 4.79 Å². The number of nitrogens with one attached hydrogen (secondary N) is 1. The number of carbonyl (C=O) groups excluding carboxylic acids is 1. The normalized spacial score (nSPS) is 18.2. The average molecular weight is 282 g/mol. The van der Waals surface area contributed by atoms with Crippen molar-refractivity contribution in [2.24, 2.45) is 0 Å². The number of carbonyl (C=O) groups is 1. The lowest BCUT2D eigenvalue weighted by Gasteiger charge is -2.23. The fourth-order valence-corrected chi connectivity index (χ4v) is 2.19. The minimum Gasteiger partial charge on any atom is -0.368 e. The van der Waals surface area contributed by atoms with Crippen LogP contribution in [0.25, 0.3) is 0 Å². The van der Waals surface area contributed by atoms with Gasteiger partial charge in [0.15, 0.2) is 0 Å². The van der Waals surface area contributed by atoms with Crippen molar-refractivity contribution in [2.75, 3.05) is 17.2 Å². The van der Waals surface area contributed by atoms with Crippen LogP contribution in [0.4, 0.5) is 11.8 Å². The van der Waals surface area contributed by atoms with Gasteiger partial charge in [0.05, 0.1) is 6.54 Å². The van der Waals surface area contributed by atoms with Crippen molar-refractivity contribution in [2.45, 2.75) is 37.8 Å². The summed E-state index contributed by atoms with van der Waals surface area (Å²) in [5.41, 5.74) is 5.61. The summed E-state index contributed by atoms with van der Waals surface area (Å²) in [5.74, 6) is 0.796. The molecule has 7 heteroatoms. The minimum absolute atomic E-state index is 0.0303. The Hall–Kier alpha value is -1.56. The molecule has 0 saturated heterocycles. The van der Waals surface area contributed by atoms with Gasteiger partial charge in [0.25, 0.3) is 0 Å². The fraction of sp³-hybridized carbons (Fsp3) is 0.583. The molecule has 1 aromatic heterocycles. The van der Waals surface area contributed by atoms with Gasteiger partial charge in [0, 0.05) is 18.2 Å². The van der Waals surface area contributed by atoms with Crippen LogP contribution in [-0.4, -0.2) is 34.5 Å². The number of anilines is 2. The molecule has 2 aliphatic rings. The molecule has 0 aromatic carbocycles. The number of rotatable bonds is 5. The van der Waals surface area contributed by atoms with Gasteiger partial charge in [0.1, 0.15) is 11.0 Å². The summed E-state index contributed by atoms with van der Waals surface area (Å²) < 4.78 is 0. The van der Waals surface area contributed by atoms with Crippen molar-refractivity contribution < 1.29 is 4.79 Å². The third-order valence-electron chi connectivity index (χ3n) is 3.24. The highest BCUT2D eigenvalue weighted by molar-refractivity contribution is 6.29. The van der Waals surface area contributed by atoms with E-state index >= 15 is 0 Å². The Labute approximate surface area is 116 Å². The smallest absolute Gasteiger partial charge is 0.239 e. The Kier molecular flexibility index (Phi) is 3.18. The van der Waals surface area contributed by atoms with E-state index in [1.54, 1.807) is 6.07 Å². The van der Waals surface area contributed by atoms with E-state index < -0.39 is 0 Å². The molecule has 3 N–H and O–H groups in total. The number of nitrogen functional groups attached to an aromatic ring is 1. The number of hydrogen-bond acceptors (Lipinski definition) is 5. The second-order valence-corrected chi connectivity index (χ2v) is 5.50. The Balaban J connectivity index is 1.73. The first-order chi connectivity index (χ1) is 9.11. The van der Waals surface area contributed by atoms with Crippen molar-refractivity contribution in [3.63, 3.8) is 0 Å². The largest absolute Gasteiger partial charge is 0.368 e. The first-order valence-corrected chi connectivity index (χ1v) is 6.85. The predicted octanol–water partition coefficient (Wildman–Crippen LogP) is 0.960. The zero-order valence-electron chi connectivity index (χ0n) is 10.5. The maximum atomic E-state index is 11.9. The maximum Gasteiger partial charge on any atom is 0.239 e. The second-order valence-electron chi connectivity index (χ2n) is 5.11. The van der Waals surface area contributed by atoms with Crippen LogP contribution in [0.3, 0.4) is 0 Å². The second kappa shape index (κ2) is 4.85. The van der Waals surface area contributed by atoms with E-state index in [-0.39, 0.29) is 11.9 Å². The van der Waals surface area contributed by atoms with Gasteiger partial charge >= 0.3 is 0 Å². The number of nitrogens with two attached hydrogens (primary N) is 1. The van der Waals surface area contributed by atoms with Crippen LogP contribution in [-0.2, 0) is 4.79 Å². The molecule has 19 heavy (non-hydrogen) atoms. The average Bonchev–Trinajstić information content (AvgIpc) is 3.18. The van der Waals surface area contributed by atoms with Crippen LogP contribution in [0.15, 0.2) is 6.07 Å². The van der Waals surface area contributed by atoms with Gasteiger partial charge in [0.2, 0.25) is 11.9 Å². The van der Waals surface area contributed by atoms with E-state index in [1.165, 1.54) is 0 Å². The van der Waals surface area contributed by atoms with Crippen molar-refractivity contribution in [3.05, 3.63) is 11.2 Å². The monoisotopic (exact) mass is 281 g/mol. The number of aromatic nitrogens is 2. The van der Waals surface area contributed by atoms with Crippen LogP contribution in [0.1, 0.15) is 25.7 Å². The Bertz CT molecular complexity index is 481. The predicted molar refractivity (Wildman–Crippen MR) is 73.0 cm³/mol. The van der Waals surface area contributed by atoms with E-state index in [0.717, 1.165) is 25.7 Å². The summed E-state index contributed by atoms with van der Waals surface area (Å²) in [6.07, 6.45) is 4.30. The van der Waals surface area contributed by atoms with Crippen LogP contribution in [0.5, 0.6) is 0 Å². The quantitative estimate of drug-likeness (QED) is 0.786. The third-order valence-corrected chi connectivity index (χ3v) is 3.43. The maximum absolute atomic E-state index is 11.9. The van der Waals surface area contributed by atoms with Crippen LogP contribution < -0.4 is 16.0 Å². The molecule has 3 rings (SSSR count). The topological polar surface area (TPSA) is 84.1 Å². The Morgan fingerprint density at radius 1 is 1.42 bits per heavy atom. The molecule has 1 aromatic rings. The van der Waals surface area contributed by atoms with Gasteiger partial charge in [-0.05, 0) is 25.7 Å². The number of nitrogens with zero attached hydrogens (tertiary/aromatic N) is 3. The Morgan fingerprint density at radius 2 is 2.16 bits per heavy atom. The van der Waals surface area contributed by atoms with E-state index in [9.17, 15) is 4.79 Å². The summed E-state index contributed by atoms with van der Waals surface area (Å²) in [6.45, 7) is 0.300. The molecule has 6 nitrogen and oxygen atoms in total. The minimum atomic E-state index is 0.0303. The van der Waals surface area contributed by atoms with Crippen molar-refractivity contribution in [3.8, 4) is 0 Å². The molecule has 0 aliphatic heterocycles. The lowest BCUT2D eigenvalue weighted by Crippen LogP contribution is -2.39. The Morgan fingerprint density at radius 3 is 2.74 bits per heavy atom. The molecule has 0 radical (unpaired) electrons. The molecule has 0 spiro atoms. The molecule has 0 unspecified atom stereocenters. The highest BCUT2D eigenvalue weighted by Gasteiger charge is 2.33. The van der Waals surface area contributed by atoms with Crippen molar-refractivity contribution in [1.29, 1.82) is 0 Å². The molecular formula is C12H16ClN5O. The third kappa shape index (κ3) is 3.26. The summed E-state index contributed by atoms with van der Waals surface area (Å²) in [6, 6.07) is 2.38. The SMILES string of the molecule is Nc1nc(Cl)cc(N(CC(=O)NC2CC2)C2CC2)n1. The van der Waals surface area contributed by atoms with Crippen molar-refractivity contribution >= 4 is 29.3 Å². The molecule has 2 saturated carbocycles. The molecule has 2 aliphatic carbocycles. The highest BCUT2D eigenvalue weighted by Crippen LogP contribution is 2.31. The zero-order valence-corrected chi connectivity index (χ0v) is 11.2. The van der Waals surface area contributed by atoms with Gasteiger partial charge in [-0.1, -0.05) is 11.6 Å². The van der Waals surface area contributed by atoms with Crippen molar-refractivity contribution in [1.82, 2.24) is 15.3 Å². The first kappa shape index (κ1) is 12.5. The zero-order chi connectivity index (χ0) is 13.4. The molecule has 1 heterocycles. The molecular weight excluding hydrogens is 266 g/mol. The fourth-order valence-electron chi connectivity index (χ4n) is 2.01. The molecule has 2 fully saturated rings. The molecule has 0 bridgehead atoms. The number of halogens is 1. The van der Waals surface area contributed by atoms with E-state index in [1.807, 2.05) is 4.90 Å². The summed E-state index contributed by atoms with van der Waals surface area (Å²) in [7, 11) is 0. The molecule has 1 amide bonds. The van der Waals surface area contributed by atoms with Gasteiger partial charge in [-0.2, -0.15) is 4.98 Å². The number of amides is 1. The van der Waals surface area contributed by atoms with Crippen LogP contribution >= 0.6 is 11.6 Å². The van der Waals surface area contributed by atoms with E-state index in [0.29, 0.717) is 29.6 Å². The summed E-state index contributed by atoms with van der Waals surface area (Å²) in [4.78, 5) is 21.9.